The van der Waals surface area contributed by atoms with Crippen LogP contribution in [0.1, 0.15) is 24.9 Å². The van der Waals surface area contributed by atoms with Crippen LogP contribution >= 0.6 is 11.6 Å². The van der Waals surface area contributed by atoms with E-state index < -0.39 is 0 Å². The Balaban J connectivity index is 0.000000143. The van der Waals surface area contributed by atoms with E-state index >= 15 is 0 Å². The van der Waals surface area contributed by atoms with Crippen LogP contribution in [-0.4, -0.2) is 88.6 Å². The SMILES string of the molecule is N#CC1CN(c2nc(N)nc3c2ncn3[C@H]2C=C[C@@H](CO)C2)C1.N#CC1CNC1.Nc1nc(Cl)c2ncn([C@H]3C=C[C@@H](CO)C3)c2n1. The Kier molecular flexibility index (Phi) is 9.46. The summed E-state index contributed by atoms with van der Waals surface area (Å²) in [5.74, 6) is 1.73. The van der Waals surface area contributed by atoms with Gasteiger partial charge in [0, 0.05) is 51.2 Å². The van der Waals surface area contributed by atoms with Gasteiger partial charge < -0.3 is 41.0 Å². The molecule has 0 spiro atoms. The molecule has 0 aromatic carbocycles. The summed E-state index contributed by atoms with van der Waals surface area (Å²) in [7, 11) is 0. The average molecular weight is 659 g/mol. The van der Waals surface area contributed by atoms with Crippen molar-refractivity contribution in [2.24, 2.45) is 23.7 Å². The molecule has 4 atom stereocenters. The summed E-state index contributed by atoms with van der Waals surface area (Å²) in [5.41, 5.74) is 14.0. The fraction of sp³-hybridized carbons (Fsp3) is 0.467. The molecule has 4 aromatic rings. The number of nitriles is 2. The highest BCUT2D eigenvalue weighted by Gasteiger charge is 2.31. The smallest absolute Gasteiger partial charge is 0.224 e. The van der Waals surface area contributed by atoms with Crippen LogP contribution in [0.5, 0.6) is 0 Å². The minimum absolute atomic E-state index is 0.0337. The van der Waals surface area contributed by atoms with Gasteiger partial charge in [-0.2, -0.15) is 30.5 Å². The average Bonchev–Trinajstić information content (AvgIpc) is 3.82. The van der Waals surface area contributed by atoms with Crippen LogP contribution in [0.2, 0.25) is 5.15 Å². The van der Waals surface area contributed by atoms with E-state index in [1.54, 1.807) is 12.7 Å². The lowest BCUT2D eigenvalue weighted by Gasteiger charge is -2.36. The Labute approximate surface area is 275 Å². The number of imidazole rings is 2. The van der Waals surface area contributed by atoms with Crippen LogP contribution in [-0.2, 0) is 0 Å². The molecule has 2 aliphatic carbocycles. The molecule has 6 heterocycles. The first-order valence-corrected chi connectivity index (χ1v) is 15.7. The van der Waals surface area contributed by atoms with Crippen LogP contribution in [0.25, 0.3) is 22.3 Å². The van der Waals surface area contributed by atoms with Gasteiger partial charge >= 0.3 is 0 Å². The van der Waals surface area contributed by atoms with E-state index in [-0.39, 0.29) is 60.1 Å². The molecule has 16 nitrogen and oxygen atoms in total. The summed E-state index contributed by atoms with van der Waals surface area (Å²) >= 11 is 5.97. The summed E-state index contributed by atoms with van der Waals surface area (Å²) in [5, 5.41) is 38.7. The van der Waals surface area contributed by atoms with Gasteiger partial charge in [0.1, 0.15) is 5.52 Å². The summed E-state index contributed by atoms with van der Waals surface area (Å²) in [6.07, 6.45) is 13.2. The number of rotatable bonds is 5. The van der Waals surface area contributed by atoms with Gasteiger partial charge in [0.05, 0.1) is 48.7 Å². The highest BCUT2D eigenvalue weighted by atomic mass is 35.5. The topological polar surface area (TPSA) is 243 Å². The standard InChI is InChI=1S/C15H17N7O.C11H12ClN5O.C4H6N2/c16-4-10-5-21(6-10)13-12-14(20-15(17)19-13)22(8-18-12)11-2-1-9(3-11)7-23;12-9-8-10(16-11(13)15-9)17(5-14-8)7-2-1-6(3-7)4-18;5-1-4-2-6-3-4/h1-2,8-11,23H,3,5-7H2,(H2,17,19,20);1-2,5-7,18H,3-4H2,(H2,13,15,16);4,6H,2-3H2/t9-,11+;6-,7+;/m11./s1. The number of hydrogen-bond donors (Lipinski definition) is 5. The van der Waals surface area contributed by atoms with Crippen LogP contribution in [0.3, 0.4) is 0 Å². The van der Waals surface area contributed by atoms with Crippen LogP contribution in [0.4, 0.5) is 17.7 Å². The largest absolute Gasteiger partial charge is 0.396 e. The van der Waals surface area contributed by atoms with E-state index in [2.05, 4.69) is 53.4 Å². The zero-order chi connectivity index (χ0) is 33.1. The molecule has 0 radical (unpaired) electrons. The first kappa shape index (κ1) is 32.1. The third kappa shape index (κ3) is 6.68. The maximum atomic E-state index is 9.29. The molecule has 0 unspecified atom stereocenters. The molecule has 7 N–H and O–H groups in total. The fourth-order valence-electron chi connectivity index (χ4n) is 5.82. The van der Waals surface area contributed by atoms with Gasteiger partial charge in [0.15, 0.2) is 27.8 Å². The Morgan fingerprint density at radius 2 is 1.32 bits per heavy atom. The normalized spacial score (nSPS) is 23.4. The van der Waals surface area contributed by atoms with Crippen molar-refractivity contribution in [1.29, 1.82) is 10.5 Å². The lowest BCUT2D eigenvalue weighted by atomic mass is 10.0. The van der Waals surface area contributed by atoms with Crippen molar-refractivity contribution >= 4 is 51.6 Å². The quantitative estimate of drug-likeness (QED) is 0.150. The zero-order valence-corrected chi connectivity index (χ0v) is 26.2. The molecular weight excluding hydrogens is 624 g/mol. The van der Waals surface area contributed by atoms with Gasteiger partial charge in [-0.3, -0.25) is 0 Å². The van der Waals surface area contributed by atoms with E-state index in [1.807, 2.05) is 32.3 Å². The van der Waals surface area contributed by atoms with Crippen molar-refractivity contribution in [1.82, 2.24) is 44.4 Å². The van der Waals surface area contributed by atoms with E-state index in [4.69, 9.17) is 38.7 Å². The molecular formula is C30H35ClN14O2. The molecule has 0 bridgehead atoms. The molecule has 2 fully saturated rings. The van der Waals surface area contributed by atoms with Gasteiger partial charge in [0.25, 0.3) is 0 Å². The van der Waals surface area contributed by atoms with E-state index in [0.717, 1.165) is 25.9 Å². The maximum Gasteiger partial charge on any atom is 0.224 e. The molecule has 2 aliphatic heterocycles. The van der Waals surface area contributed by atoms with E-state index in [0.29, 0.717) is 47.2 Å². The number of aliphatic hydroxyl groups excluding tert-OH is 2. The number of aromatic nitrogens is 8. The Bertz CT molecular complexity index is 1880. The number of anilines is 3. The monoisotopic (exact) mass is 658 g/mol. The predicted molar refractivity (Wildman–Crippen MR) is 175 cm³/mol. The molecule has 0 saturated carbocycles. The van der Waals surface area contributed by atoms with Gasteiger partial charge in [0.2, 0.25) is 11.9 Å². The summed E-state index contributed by atoms with van der Waals surface area (Å²) in [6.45, 7) is 3.38. The van der Waals surface area contributed by atoms with Gasteiger partial charge in [-0.05, 0) is 12.8 Å². The minimum atomic E-state index is 0.0337. The Hall–Kier alpha value is -4.87. The number of nitrogen functional groups attached to an aromatic ring is 2. The van der Waals surface area contributed by atoms with Crippen LogP contribution < -0.4 is 21.7 Å². The maximum absolute atomic E-state index is 9.29. The second-order valence-corrected chi connectivity index (χ2v) is 12.3. The van der Waals surface area contributed by atoms with E-state index in [9.17, 15) is 5.11 Å². The molecule has 4 aliphatic rings. The minimum Gasteiger partial charge on any atom is -0.396 e. The predicted octanol–water partition coefficient (Wildman–Crippen LogP) is 1.38. The van der Waals surface area contributed by atoms with E-state index in [1.165, 1.54) is 0 Å². The Morgan fingerprint density at radius 3 is 1.79 bits per heavy atom. The van der Waals surface area contributed by atoms with Gasteiger partial charge in [-0.15, -0.1) is 0 Å². The zero-order valence-electron chi connectivity index (χ0n) is 25.4. The number of allylic oxidation sites excluding steroid dienone is 2. The lowest BCUT2D eigenvalue weighted by Crippen LogP contribution is -2.46. The summed E-state index contributed by atoms with van der Waals surface area (Å²) < 4.78 is 3.88. The molecule has 0 amide bonds. The van der Waals surface area contributed by atoms with Crippen molar-refractivity contribution in [3.05, 3.63) is 42.1 Å². The number of hydrogen-bond acceptors (Lipinski definition) is 14. The molecule has 4 aromatic heterocycles. The van der Waals surface area contributed by atoms with Crippen molar-refractivity contribution in [3.8, 4) is 12.1 Å². The number of fused-ring (bicyclic) bond motifs is 2. The van der Waals surface area contributed by atoms with Crippen molar-refractivity contribution < 1.29 is 10.2 Å². The number of halogens is 1. The third-order valence-electron chi connectivity index (χ3n) is 8.63. The highest BCUT2D eigenvalue weighted by molar-refractivity contribution is 6.33. The molecule has 8 rings (SSSR count). The second-order valence-electron chi connectivity index (χ2n) is 11.9. The molecule has 2 saturated heterocycles. The number of nitrogens with two attached hydrogens (primary N) is 2. The van der Waals surface area contributed by atoms with Crippen molar-refractivity contribution in [2.75, 3.05) is 55.8 Å². The van der Waals surface area contributed by atoms with Crippen molar-refractivity contribution in [3.63, 3.8) is 0 Å². The van der Waals surface area contributed by atoms with Gasteiger partial charge in [-0.1, -0.05) is 35.9 Å². The van der Waals surface area contributed by atoms with Crippen LogP contribution in [0, 0.1) is 46.3 Å². The number of aliphatic hydroxyl groups is 2. The lowest BCUT2D eigenvalue weighted by molar-refractivity contribution is 0.244. The molecule has 244 valence electrons. The molecule has 47 heavy (non-hydrogen) atoms. The first-order valence-electron chi connectivity index (χ1n) is 15.3. The van der Waals surface area contributed by atoms with Crippen molar-refractivity contribution in [2.45, 2.75) is 24.9 Å². The van der Waals surface area contributed by atoms with Gasteiger partial charge in [-0.25, -0.2) is 9.97 Å². The number of nitrogens with one attached hydrogen (secondary N) is 1. The Morgan fingerprint density at radius 1 is 0.787 bits per heavy atom. The first-order chi connectivity index (χ1) is 22.8. The summed E-state index contributed by atoms with van der Waals surface area (Å²) in [4.78, 5) is 27.4. The highest BCUT2D eigenvalue weighted by Crippen LogP contribution is 2.34. The van der Waals surface area contributed by atoms with Crippen LogP contribution in [0.15, 0.2) is 37.0 Å². The fourth-order valence-corrected chi connectivity index (χ4v) is 6.04. The summed E-state index contributed by atoms with van der Waals surface area (Å²) in [6, 6.07) is 4.63. The molecule has 17 heteroatoms. The second kappa shape index (κ2) is 13.9. The third-order valence-corrected chi connectivity index (χ3v) is 8.89. The number of nitrogens with zero attached hydrogens (tertiary/aromatic N) is 11.